The smallest absolute Gasteiger partial charge is 0.404 e. The standard InChI is InChI=1S/C12H10Cl4OSi2/c13-18(17-19(14,15)16,11-7-3-1-4-8-11)12-9-5-2-6-10-12/h1-10H. The zero-order valence-electron chi connectivity index (χ0n) is 9.69. The molecule has 19 heavy (non-hydrogen) atoms. The first-order chi connectivity index (χ1) is 8.92. The Labute approximate surface area is 133 Å². The van der Waals surface area contributed by atoms with Crippen molar-refractivity contribution in [2.45, 2.75) is 0 Å². The van der Waals surface area contributed by atoms with Crippen LogP contribution in [0.1, 0.15) is 0 Å². The Kier molecular flexibility index (Phi) is 5.01. The van der Waals surface area contributed by atoms with Crippen LogP contribution in [0.15, 0.2) is 60.7 Å². The summed E-state index contributed by atoms with van der Waals surface area (Å²) in [5, 5.41) is 1.73. The van der Waals surface area contributed by atoms with Gasteiger partial charge in [0.2, 0.25) is 0 Å². The number of rotatable bonds is 4. The van der Waals surface area contributed by atoms with Crippen molar-refractivity contribution in [1.29, 1.82) is 0 Å². The highest BCUT2D eigenvalue weighted by molar-refractivity contribution is 7.64. The molecule has 0 aromatic heterocycles. The minimum absolute atomic E-state index is 0.863. The molecule has 100 valence electrons. The molecule has 7 heteroatoms. The van der Waals surface area contributed by atoms with Gasteiger partial charge < -0.3 is 4.12 Å². The van der Waals surface area contributed by atoms with Crippen molar-refractivity contribution in [2.24, 2.45) is 0 Å². The predicted octanol–water partition coefficient (Wildman–Crippen LogP) is 3.65. The molecule has 0 amide bonds. The molecule has 0 radical (unpaired) electrons. The highest BCUT2D eigenvalue weighted by Gasteiger charge is 2.46. The van der Waals surface area contributed by atoms with Crippen molar-refractivity contribution in [3.63, 3.8) is 0 Å². The molecule has 0 aliphatic carbocycles. The molecule has 0 saturated carbocycles. The van der Waals surface area contributed by atoms with Gasteiger partial charge in [-0.15, -0.1) is 11.1 Å². The highest BCUT2D eigenvalue weighted by atomic mass is 35.8. The Morgan fingerprint density at radius 2 is 1.00 bits per heavy atom. The van der Waals surface area contributed by atoms with Crippen LogP contribution >= 0.6 is 44.3 Å². The molecular weight excluding hydrogens is 358 g/mol. The lowest BCUT2D eigenvalue weighted by atomic mass is 10.4. The second-order valence-corrected chi connectivity index (χ2v) is 16.1. The molecule has 1 nitrogen and oxygen atoms in total. The van der Waals surface area contributed by atoms with Gasteiger partial charge in [0, 0.05) is 0 Å². The predicted molar refractivity (Wildman–Crippen MR) is 88.2 cm³/mol. The van der Waals surface area contributed by atoms with Gasteiger partial charge in [0.15, 0.2) is 0 Å². The van der Waals surface area contributed by atoms with Gasteiger partial charge in [-0.2, -0.15) is 0 Å². The van der Waals surface area contributed by atoms with Gasteiger partial charge in [-0.25, -0.2) is 0 Å². The molecular formula is C12H10Cl4OSi2. The van der Waals surface area contributed by atoms with E-state index in [4.69, 9.17) is 48.4 Å². The summed E-state index contributed by atoms with van der Waals surface area (Å²) in [6.45, 7) is 0. The zero-order valence-corrected chi connectivity index (χ0v) is 14.7. The molecule has 2 aromatic rings. The van der Waals surface area contributed by atoms with Gasteiger partial charge >= 0.3 is 13.9 Å². The molecule has 0 aliphatic rings. The molecule has 0 unspecified atom stereocenters. The van der Waals surface area contributed by atoms with Gasteiger partial charge in [-0.05, 0) is 10.4 Å². The van der Waals surface area contributed by atoms with E-state index < -0.39 is 13.9 Å². The van der Waals surface area contributed by atoms with Crippen LogP contribution in [-0.2, 0) is 4.12 Å². The van der Waals surface area contributed by atoms with Crippen molar-refractivity contribution in [3.8, 4) is 0 Å². The van der Waals surface area contributed by atoms with Crippen molar-refractivity contribution < 1.29 is 4.12 Å². The molecule has 0 bridgehead atoms. The monoisotopic (exact) mass is 366 g/mol. The van der Waals surface area contributed by atoms with Gasteiger partial charge in [0.1, 0.15) is 0 Å². The van der Waals surface area contributed by atoms with Gasteiger partial charge in [-0.1, -0.05) is 93.9 Å². The molecule has 2 rings (SSSR count). The van der Waals surface area contributed by atoms with E-state index in [0.29, 0.717) is 0 Å². The Bertz CT molecular complexity index is 491. The molecule has 0 fully saturated rings. The fourth-order valence-corrected chi connectivity index (χ4v) is 11.5. The first-order valence-electron chi connectivity index (χ1n) is 5.49. The van der Waals surface area contributed by atoms with Crippen molar-refractivity contribution in [2.75, 3.05) is 0 Å². The van der Waals surface area contributed by atoms with E-state index in [2.05, 4.69) is 0 Å². The lowest BCUT2D eigenvalue weighted by Gasteiger charge is -2.28. The van der Waals surface area contributed by atoms with Crippen LogP contribution in [0.3, 0.4) is 0 Å². The molecule has 0 atom stereocenters. The fourth-order valence-electron chi connectivity index (χ4n) is 1.75. The van der Waals surface area contributed by atoms with E-state index in [1.807, 2.05) is 60.7 Å². The van der Waals surface area contributed by atoms with Crippen LogP contribution in [0.5, 0.6) is 0 Å². The Hall–Kier alpha value is -0.00623. The lowest BCUT2D eigenvalue weighted by molar-refractivity contribution is 0.630. The summed E-state index contributed by atoms with van der Waals surface area (Å²) in [5.41, 5.74) is 0. The van der Waals surface area contributed by atoms with Gasteiger partial charge in [-0.3, -0.25) is 0 Å². The summed E-state index contributed by atoms with van der Waals surface area (Å²) < 4.78 is 5.74. The quantitative estimate of drug-likeness (QED) is 0.592. The van der Waals surface area contributed by atoms with E-state index in [1.165, 1.54) is 0 Å². The number of hydrogen-bond acceptors (Lipinski definition) is 1. The number of halogens is 4. The largest absolute Gasteiger partial charge is 0.484 e. The molecule has 2 aromatic carbocycles. The zero-order chi connectivity index (χ0) is 13.9. The second kappa shape index (κ2) is 6.18. The fraction of sp³-hybridized carbons (Fsp3) is 0. The van der Waals surface area contributed by atoms with Crippen LogP contribution in [0.4, 0.5) is 0 Å². The molecule has 0 aliphatic heterocycles. The topological polar surface area (TPSA) is 9.23 Å². The molecule has 0 N–H and O–H groups in total. The lowest BCUT2D eigenvalue weighted by Crippen LogP contribution is -2.59. The summed E-state index contributed by atoms with van der Waals surface area (Å²) in [6, 6.07) is 19.0. The van der Waals surface area contributed by atoms with Crippen molar-refractivity contribution >= 4 is 68.6 Å². The average molecular weight is 368 g/mol. The third-order valence-electron chi connectivity index (χ3n) is 2.55. The Balaban J connectivity index is 2.51. The summed E-state index contributed by atoms with van der Waals surface area (Å²) in [6.07, 6.45) is -3.31. The molecule has 0 saturated heterocycles. The van der Waals surface area contributed by atoms with Crippen LogP contribution in [0.25, 0.3) is 0 Å². The summed E-state index contributed by atoms with van der Waals surface area (Å²) >= 11 is 24.5. The third kappa shape index (κ3) is 3.98. The van der Waals surface area contributed by atoms with Crippen LogP contribution < -0.4 is 10.4 Å². The van der Waals surface area contributed by atoms with E-state index in [0.717, 1.165) is 10.4 Å². The maximum Gasteiger partial charge on any atom is 0.484 e. The Morgan fingerprint density at radius 3 is 1.32 bits per heavy atom. The number of benzene rings is 2. The third-order valence-corrected chi connectivity index (χ3v) is 10.8. The van der Waals surface area contributed by atoms with Crippen molar-refractivity contribution in [1.82, 2.24) is 0 Å². The van der Waals surface area contributed by atoms with E-state index in [1.54, 1.807) is 0 Å². The maximum atomic E-state index is 6.77. The first-order valence-corrected chi connectivity index (χ1v) is 13.3. The first kappa shape index (κ1) is 15.4. The summed E-state index contributed by atoms with van der Waals surface area (Å²) in [7, 11) is -3.00. The number of hydrogen-bond donors (Lipinski definition) is 0. The van der Waals surface area contributed by atoms with Crippen LogP contribution in [0, 0.1) is 0 Å². The second-order valence-electron chi connectivity index (χ2n) is 3.88. The maximum absolute atomic E-state index is 6.77. The molecule has 0 heterocycles. The minimum Gasteiger partial charge on any atom is -0.404 e. The highest BCUT2D eigenvalue weighted by Crippen LogP contribution is 2.27. The van der Waals surface area contributed by atoms with E-state index >= 15 is 0 Å². The van der Waals surface area contributed by atoms with Crippen molar-refractivity contribution in [3.05, 3.63) is 60.7 Å². The summed E-state index contributed by atoms with van der Waals surface area (Å²) in [5.74, 6) is 0. The van der Waals surface area contributed by atoms with E-state index in [9.17, 15) is 0 Å². The van der Waals surface area contributed by atoms with E-state index in [-0.39, 0.29) is 0 Å². The van der Waals surface area contributed by atoms with Gasteiger partial charge in [0.05, 0.1) is 0 Å². The van der Waals surface area contributed by atoms with Crippen LogP contribution in [-0.4, -0.2) is 13.9 Å². The minimum atomic E-state index is -3.31. The molecule has 0 spiro atoms. The average Bonchev–Trinajstić information content (AvgIpc) is 2.39. The normalized spacial score (nSPS) is 12.4. The van der Waals surface area contributed by atoms with Crippen LogP contribution in [0.2, 0.25) is 0 Å². The van der Waals surface area contributed by atoms with Gasteiger partial charge in [0.25, 0.3) is 0 Å². The summed E-state index contributed by atoms with van der Waals surface area (Å²) in [4.78, 5) is 0. The Morgan fingerprint density at radius 1 is 0.632 bits per heavy atom. The SMILES string of the molecule is Cl[Si](Cl)(Cl)O[Si](Cl)(c1ccccc1)c1ccccc1.